The van der Waals surface area contributed by atoms with Gasteiger partial charge >= 0.3 is 6.01 Å². The minimum absolute atomic E-state index is 0.314. The number of nitrogens with zero attached hydrogens (tertiary/aromatic N) is 5. The third kappa shape index (κ3) is 7.02. The van der Waals surface area contributed by atoms with Crippen LogP contribution in [0.25, 0.3) is 0 Å². The molecule has 0 aliphatic carbocycles. The predicted molar refractivity (Wildman–Crippen MR) is 134 cm³/mol. The lowest BCUT2D eigenvalue weighted by Gasteiger charge is -2.26. The Morgan fingerprint density at radius 2 is 1.91 bits per heavy atom. The lowest BCUT2D eigenvalue weighted by Crippen LogP contribution is -2.38. The van der Waals surface area contributed by atoms with Crippen LogP contribution in [0.1, 0.15) is 38.7 Å². The second kappa shape index (κ2) is 12.6. The molecular formula is C25H35FN6O3. The standard InChI is InChI=1S/C25H35FN6O3/c1-3-8-32(9-4-2)24-18-23(27-25(28-24)35-16-12-31-10-14-33-15-11-31)30-29-21-7-13-34-22-6-5-19(26)17-20(21)22/h5-6,17-18H,3-4,7-16H2,1-2H3,(H,27,28,30)/b29-21+. The van der Waals surface area contributed by atoms with Crippen molar-refractivity contribution in [3.8, 4) is 11.8 Å². The molecule has 0 saturated carbocycles. The molecule has 9 nitrogen and oxygen atoms in total. The van der Waals surface area contributed by atoms with Gasteiger partial charge in [0.05, 0.1) is 25.5 Å². The Labute approximate surface area is 206 Å². The zero-order valence-electron chi connectivity index (χ0n) is 20.6. The number of ether oxygens (including phenoxy) is 3. The molecular weight excluding hydrogens is 451 g/mol. The summed E-state index contributed by atoms with van der Waals surface area (Å²) in [6.45, 7) is 11.1. The van der Waals surface area contributed by atoms with Crippen molar-refractivity contribution in [1.82, 2.24) is 14.9 Å². The molecule has 3 heterocycles. The van der Waals surface area contributed by atoms with E-state index in [1.807, 2.05) is 6.07 Å². The van der Waals surface area contributed by atoms with E-state index in [9.17, 15) is 4.39 Å². The summed E-state index contributed by atoms with van der Waals surface area (Å²) in [6, 6.07) is 6.67. The topological polar surface area (TPSA) is 84.3 Å². The van der Waals surface area contributed by atoms with E-state index in [2.05, 4.69) is 44.1 Å². The van der Waals surface area contributed by atoms with Crippen molar-refractivity contribution in [2.24, 2.45) is 5.10 Å². The average Bonchev–Trinajstić information content (AvgIpc) is 2.88. The van der Waals surface area contributed by atoms with Gasteiger partial charge in [0.25, 0.3) is 0 Å². The van der Waals surface area contributed by atoms with Crippen LogP contribution in [0.15, 0.2) is 29.4 Å². The van der Waals surface area contributed by atoms with Gasteiger partial charge in [0, 0.05) is 50.8 Å². The molecule has 1 aromatic heterocycles. The van der Waals surface area contributed by atoms with Gasteiger partial charge in [0.2, 0.25) is 0 Å². The molecule has 0 atom stereocenters. The number of anilines is 2. The first kappa shape index (κ1) is 25.1. The number of hydrogen-bond donors (Lipinski definition) is 1. The van der Waals surface area contributed by atoms with Crippen LogP contribution in [0.2, 0.25) is 0 Å². The zero-order chi connectivity index (χ0) is 24.5. The Morgan fingerprint density at radius 1 is 1.11 bits per heavy atom. The Kier molecular flexibility index (Phi) is 9.08. The van der Waals surface area contributed by atoms with Crippen LogP contribution in [0, 0.1) is 5.82 Å². The molecule has 2 aromatic rings. The summed E-state index contributed by atoms with van der Waals surface area (Å²) in [7, 11) is 0. The molecule has 1 aromatic carbocycles. The van der Waals surface area contributed by atoms with Crippen molar-refractivity contribution in [2.45, 2.75) is 33.1 Å². The van der Waals surface area contributed by atoms with E-state index in [4.69, 9.17) is 14.2 Å². The fraction of sp³-hybridized carbons (Fsp3) is 0.560. The fourth-order valence-corrected chi connectivity index (χ4v) is 4.16. The van der Waals surface area contributed by atoms with Crippen molar-refractivity contribution in [3.63, 3.8) is 0 Å². The third-order valence-electron chi connectivity index (χ3n) is 5.90. The van der Waals surface area contributed by atoms with Gasteiger partial charge in [-0.2, -0.15) is 15.1 Å². The van der Waals surface area contributed by atoms with Crippen molar-refractivity contribution in [3.05, 3.63) is 35.6 Å². The minimum atomic E-state index is -0.322. The van der Waals surface area contributed by atoms with Crippen LogP contribution in [0.4, 0.5) is 16.0 Å². The van der Waals surface area contributed by atoms with Gasteiger partial charge < -0.3 is 19.1 Å². The summed E-state index contributed by atoms with van der Waals surface area (Å²) in [5.41, 5.74) is 4.43. The zero-order valence-corrected chi connectivity index (χ0v) is 20.6. The van der Waals surface area contributed by atoms with E-state index in [0.717, 1.165) is 70.3 Å². The van der Waals surface area contributed by atoms with E-state index < -0.39 is 0 Å². The molecule has 1 fully saturated rings. The summed E-state index contributed by atoms with van der Waals surface area (Å²) in [4.78, 5) is 13.8. The second-order valence-corrected chi connectivity index (χ2v) is 8.59. The first-order chi connectivity index (χ1) is 17.2. The van der Waals surface area contributed by atoms with E-state index in [1.165, 1.54) is 12.1 Å². The number of nitrogens with one attached hydrogen (secondary N) is 1. The van der Waals surface area contributed by atoms with Crippen LogP contribution in [0.3, 0.4) is 0 Å². The molecule has 2 aliphatic heterocycles. The molecule has 0 unspecified atom stereocenters. The molecule has 10 heteroatoms. The van der Waals surface area contributed by atoms with Gasteiger partial charge in [0.1, 0.15) is 24.0 Å². The van der Waals surface area contributed by atoms with Crippen LogP contribution in [-0.4, -0.2) is 79.7 Å². The summed E-state index contributed by atoms with van der Waals surface area (Å²) in [5.74, 6) is 1.64. The summed E-state index contributed by atoms with van der Waals surface area (Å²) >= 11 is 0. The molecule has 1 saturated heterocycles. The van der Waals surface area contributed by atoms with Gasteiger partial charge in [-0.25, -0.2) is 4.39 Å². The van der Waals surface area contributed by atoms with E-state index in [1.54, 1.807) is 6.07 Å². The van der Waals surface area contributed by atoms with Gasteiger partial charge in [-0.05, 0) is 31.0 Å². The fourth-order valence-electron chi connectivity index (χ4n) is 4.16. The number of hydrogen-bond acceptors (Lipinski definition) is 9. The molecule has 0 spiro atoms. The number of fused-ring (bicyclic) bond motifs is 1. The Morgan fingerprint density at radius 3 is 2.69 bits per heavy atom. The first-order valence-corrected chi connectivity index (χ1v) is 12.5. The lowest BCUT2D eigenvalue weighted by molar-refractivity contribution is 0.0317. The van der Waals surface area contributed by atoms with Gasteiger partial charge in [-0.15, -0.1) is 0 Å². The highest BCUT2D eigenvalue weighted by Gasteiger charge is 2.18. The van der Waals surface area contributed by atoms with Crippen molar-refractivity contribution < 1.29 is 18.6 Å². The predicted octanol–water partition coefficient (Wildman–Crippen LogP) is 3.55. The molecule has 1 N–H and O–H groups in total. The van der Waals surface area contributed by atoms with Crippen molar-refractivity contribution in [1.29, 1.82) is 0 Å². The maximum absolute atomic E-state index is 13.8. The highest BCUT2D eigenvalue weighted by molar-refractivity contribution is 6.04. The quantitative estimate of drug-likeness (QED) is 0.483. The molecule has 35 heavy (non-hydrogen) atoms. The lowest BCUT2D eigenvalue weighted by atomic mass is 10.0. The van der Waals surface area contributed by atoms with Crippen LogP contribution in [0.5, 0.6) is 11.8 Å². The number of benzene rings is 1. The Balaban J connectivity index is 1.53. The molecule has 0 radical (unpaired) electrons. The number of morpholine rings is 1. The van der Waals surface area contributed by atoms with Gasteiger partial charge in [0.15, 0.2) is 5.82 Å². The third-order valence-corrected chi connectivity index (χ3v) is 5.90. The smallest absolute Gasteiger partial charge is 0.320 e. The summed E-state index contributed by atoms with van der Waals surface area (Å²) < 4.78 is 30.9. The molecule has 2 aliphatic rings. The molecule has 0 amide bonds. The largest absolute Gasteiger partial charge is 0.492 e. The number of aromatic nitrogens is 2. The highest BCUT2D eigenvalue weighted by atomic mass is 19.1. The minimum Gasteiger partial charge on any atom is -0.492 e. The highest BCUT2D eigenvalue weighted by Crippen LogP contribution is 2.26. The van der Waals surface area contributed by atoms with E-state index in [0.29, 0.717) is 42.8 Å². The van der Waals surface area contributed by atoms with E-state index in [-0.39, 0.29) is 5.82 Å². The average molecular weight is 487 g/mol. The number of rotatable bonds is 11. The maximum atomic E-state index is 13.8. The van der Waals surface area contributed by atoms with Crippen molar-refractivity contribution in [2.75, 3.05) is 69.5 Å². The molecule has 0 bridgehead atoms. The van der Waals surface area contributed by atoms with Gasteiger partial charge in [-0.1, -0.05) is 13.8 Å². The first-order valence-electron chi connectivity index (χ1n) is 12.5. The number of hydrazone groups is 1. The SMILES string of the molecule is CCCN(CCC)c1cc(N/N=C2\CCOc3ccc(F)cc32)nc(OCCN2CCOCC2)n1. The van der Waals surface area contributed by atoms with Crippen molar-refractivity contribution >= 4 is 17.3 Å². The van der Waals surface area contributed by atoms with Crippen LogP contribution in [-0.2, 0) is 4.74 Å². The Bertz CT molecular complexity index is 993. The molecule has 4 rings (SSSR count). The Hall–Kier alpha value is -2.98. The number of halogens is 1. The second-order valence-electron chi connectivity index (χ2n) is 8.59. The van der Waals surface area contributed by atoms with Crippen LogP contribution < -0.4 is 19.8 Å². The molecule has 190 valence electrons. The van der Waals surface area contributed by atoms with E-state index >= 15 is 0 Å². The normalized spacial score (nSPS) is 17.1. The van der Waals surface area contributed by atoms with Gasteiger partial charge in [-0.3, -0.25) is 10.3 Å². The summed E-state index contributed by atoms with van der Waals surface area (Å²) in [6.07, 6.45) is 2.58. The summed E-state index contributed by atoms with van der Waals surface area (Å²) in [5, 5.41) is 4.56. The maximum Gasteiger partial charge on any atom is 0.320 e. The van der Waals surface area contributed by atoms with Crippen LogP contribution >= 0.6 is 0 Å². The monoisotopic (exact) mass is 486 g/mol.